The Kier molecular flexibility index (Phi) is 12.5. The Balaban J connectivity index is 0.00000242. The first kappa shape index (κ1) is 23.1. The molecule has 0 aliphatic carbocycles. The number of piperazine rings is 1. The molecule has 0 bridgehead atoms. The maximum absolute atomic E-state index is 12.0. The van der Waals surface area contributed by atoms with Gasteiger partial charge in [-0.05, 0) is 28.1 Å². The molecule has 0 atom stereocenters. The van der Waals surface area contributed by atoms with Crippen molar-refractivity contribution in [3.63, 3.8) is 0 Å². The molecule has 2 heterocycles. The Morgan fingerprint density at radius 3 is 2.57 bits per heavy atom. The van der Waals surface area contributed by atoms with E-state index in [1.165, 1.54) is 8.66 Å². The highest BCUT2D eigenvalue weighted by atomic mass is 79.9. The van der Waals surface area contributed by atoms with Crippen LogP contribution in [0.15, 0.2) is 15.9 Å². The van der Waals surface area contributed by atoms with E-state index in [1.807, 2.05) is 4.90 Å². The molecule has 0 radical (unpaired) electrons. The third kappa shape index (κ3) is 8.16. The lowest BCUT2D eigenvalue weighted by atomic mass is 10.3. The summed E-state index contributed by atoms with van der Waals surface area (Å²) in [7, 11) is 1.66. The zero-order valence-corrected chi connectivity index (χ0v) is 17.2. The average Bonchev–Trinajstić information content (AvgIpc) is 2.89. The number of ether oxygens (including phenoxy) is 1. The third-order valence-electron chi connectivity index (χ3n) is 3.49. The number of nitrogens with one attached hydrogen (secondary N) is 1. The predicted molar refractivity (Wildman–Crippen MR) is 103 cm³/mol. The van der Waals surface area contributed by atoms with E-state index in [9.17, 15) is 4.79 Å². The maximum atomic E-state index is 12.0. The van der Waals surface area contributed by atoms with E-state index in [4.69, 9.17) is 4.74 Å². The smallest absolute Gasteiger partial charge is 0.236 e. The van der Waals surface area contributed by atoms with E-state index in [0.717, 1.165) is 39.3 Å². The van der Waals surface area contributed by atoms with Crippen LogP contribution in [0.1, 0.15) is 4.88 Å². The lowest BCUT2D eigenvalue weighted by molar-refractivity contribution is -0.132. The highest BCUT2D eigenvalue weighted by Crippen LogP contribution is 2.23. The van der Waals surface area contributed by atoms with Crippen LogP contribution in [0.3, 0.4) is 0 Å². The van der Waals surface area contributed by atoms with Crippen LogP contribution in [-0.4, -0.2) is 68.7 Å². The molecule has 23 heavy (non-hydrogen) atoms. The number of halogens is 3. The summed E-state index contributed by atoms with van der Waals surface area (Å²) in [5.74, 6) is 0.185. The molecule has 5 nitrogen and oxygen atoms in total. The number of hydrogen-bond donors (Lipinski definition) is 1. The summed E-state index contributed by atoms with van der Waals surface area (Å²) in [6.45, 7) is 6.26. The van der Waals surface area contributed by atoms with Gasteiger partial charge in [0.1, 0.15) is 0 Å². The van der Waals surface area contributed by atoms with E-state index in [0.29, 0.717) is 13.2 Å². The van der Waals surface area contributed by atoms with Gasteiger partial charge in [0.05, 0.1) is 16.9 Å². The van der Waals surface area contributed by atoms with Crippen LogP contribution in [0.4, 0.5) is 0 Å². The van der Waals surface area contributed by atoms with Gasteiger partial charge in [-0.2, -0.15) is 0 Å². The number of amides is 1. The number of nitrogens with zero attached hydrogens (tertiary/aromatic N) is 2. The molecule has 1 fully saturated rings. The Hall–Kier alpha value is 0.110. The molecule has 9 heteroatoms. The van der Waals surface area contributed by atoms with Gasteiger partial charge in [-0.3, -0.25) is 9.69 Å². The standard InChI is InChI=1S/C14H22BrN3O2S.2ClH/c1-20-9-4-16-10-14(19)18-7-5-17(6-8-18)11-12-2-3-13(15)21-12;;/h2-3,16H,4-11H2,1H3;2*1H. The highest BCUT2D eigenvalue weighted by molar-refractivity contribution is 9.11. The van der Waals surface area contributed by atoms with Crippen LogP contribution >= 0.6 is 52.1 Å². The molecule has 2 rings (SSSR count). The van der Waals surface area contributed by atoms with Crippen molar-refractivity contribution in [1.82, 2.24) is 15.1 Å². The quantitative estimate of drug-likeness (QED) is 0.649. The van der Waals surface area contributed by atoms with Crippen molar-refractivity contribution < 1.29 is 9.53 Å². The molecule has 1 aromatic rings. The SMILES string of the molecule is COCCNCC(=O)N1CCN(Cc2ccc(Br)s2)CC1.Cl.Cl. The fourth-order valence-electron chi connectivity index (χ4n) is 2.29. The van der Waals surface area contributed by atoms with Gasteiger partial charge in [0, 0.05) is 51.3 Å². The van der Waals surface area contributed by atoms with E-state index < -0.39 is 0 Å². The summed E-state index contributed by atoms with van der Waals surface area (Å²) in [5, 5.41) is 3.10. The van der Waals surface area contributed by atoms with Gasteiger partial charge in [-0.25, -0.2) is 0 Å². The van der Waals surface area contributed by atoms with Gasteiger partial charge in [-0.1, -0.05) is 0 Å². The fraction of sp³-hybridized carbons (Fsp3) is 0.643. The number of carbonyl (C=O) groups is 1. The molecule has 134 valence electrons. The van der Waals surface area contributed by atoms with Crippen molar-refractivity contribution in [2.45, 2.75) is 6.54 Å². The molecular formula is C14H24BrCl2N3O2S. The molecular weight excluding hydrogens is 425 g/mol. The third-order valence-corrected chi connectivity index (χ3v) is 5.10. The average molecular weight is 449 g/mol. The second kappa shape index (κ2) is 12.5. The van der Waals surface area contributed by atoms with Crippen LogP contribution in [0.5, 0.6) is 0 Å². The first-order chi connectivity index (χ1) is 10.2. The number of thiophene rings is 1. The van der Waals surface area contributed by atoms with Gasteiger partial charge >= 0.3 is 0 Å². The lowest BCUT2D eigenvalue weighted by Crippen LogP contribution is -2.50. The Morgan fingerprint density at radius 1 is 1.30 bits per heavy atom. The minimum Gasteiger partial charge on any atom is -0.383 e. The molecule has 1 aliphatic rings. The highest BCUT2D eigenvalue weighted by Gasteiger charge is 2.20. The topological polar surface area (TPSA) is 44.8 Å². The summed E-state index contributed by atoms with van der Waals surface area (Å²) in [5.41, 5.74) is 0. The van der Waals surface area contributed by atoms with Crippen molar-refractivity contribution in [2.75, 3.05) is 53.0 Å². The van der Waals surface area contributed by atoms with Crippen molar-refractivity contribution in [3.8, 4) is 0 Å². The molecule has 1 aliphatic heterocycles. The van der Waals surface area contributed by atoms with Gasteiger partial charge in [-0.15, -0.1) is 36.2 Å². The van der Waals surface area contributed by atoms with Crippen molar-refractivity contribution in [2.24, 2.45) is 0 Å². The van der Waals surface area contributed by atoms with Crippen molar-refractivity contribution >= 4 is 58.0 Å². The van der Waals surface area contributed by atoms with Crippen LogP contribution < -0.4 is 5.32 Å². The minimum absolute atomic E-state index is 0. The molecule has 0 saturated carbocycles. The van der Waals surface area contributed by atoms with Gasteiger partial charge in [0.2, 0.25) is 5.91 Å². The van der Waals surface area contributed by atoms with Crippen molar-refractivity contribution in [1.29, 1.82) is 0 Å². The summed E-state index contributed by atoms with van der Waals surface area (Å²) < 4.78 is 6.12. The molecule has 1 amide bonds. The Morgan fingerprint density at radius 2 is 2.00 bits per heavy atom. The fourth-order valence-corrected chi connectivity index (χ4v) is 3.82. The zero-order valence-electron chi connectivity index (χ0n) is 13.1. The van der Waals surface area contributed by atoms with Gasteiger partial charge in [0.15, 0.2) is 0 Å². The van der Waals surface area contributed by atoms with Crippen LogP contribution in [-0.2, 0) is 16.1 Å². The van der Waals surface area contributed by atoms with Gasteiger partial charge in [0.25, 0.3) is 0 Å². The molecule has 1 N–H and O–H groups in total. The first-order valence-corrected chi connectivity index (χ1v) is 8.74. The molecule has 0 aromatic carbocycles. The summed E-state index contributed by atoms with van der Waals surface area (Å²) in [6.07, 6.45) is 0. The van der Waals surface area contributed by atoms with Crippen LogP contribution in [0.25, 0.3) is 0 Å². The Bertz CT molecular complexity index is 457. The number of methoxy groups -OCH3 is 1. The van der Waals surface area contributed by atoms with E-state index in [-0.39, 0.29) is 30.7 Å². The van der Waals surface area contributed by atoms with E-state index in [2.05, 4.69) is 38.3 Å². The van der Waals surface area contributed by atoms with E-state index in [1.54, 1.807) is 18.4 Å². The molecule has 0 spiro atoms. The van der Waals surface area contributed by atoms with Crippen molar-refractivity contribution in [3.05, 3.63) is 20.8 Å². The second-order valence-corrected chi connectivity index (χ2v) is 7.58. The lowest BCUT2D eigenvalue weighted by Gasteiger charge is -2.34. The molecule has 1 saturated heterocycles. The number of hydrogen-bond acceptors (Lipinski definition) is 5. The van der Waals surface area contributed by atoms with Gasteiger partial charge < -0.3 is 15.0 Å². The second-order valence-electron chi connectivity index (χ2n) is 5.03. The molecule has 0 unspecified atom stereocenters. The predicted octanol–water partition coefficient (Wildman–Crippen LogP) is 2.23. The van der Waals surface area contributed by atoms with E-state index >= 15 is 0 Å². The monoisotopic (exact) mass is 447 g/mol. The normalized spacial score (nSPS) is 15.0. The number of carbonyl (C=O) groups excluding carboxylic acids is 1. The summed E-state index contributed by atoms with van der Waals surface area (Å²) in [6, 6.07) is 4.25. The number of rotatable bonds is 7. The Labute approximate surface area is 162 Å². The van der Waals surface area contributed by atoms with Crippen LogP contribution in [0, 0.1) is 0 Å². The minimum atomic E-state index is 0. The summed E-state index contributed by atoms with van der Waals surface area (Å²) in [4.78, 5) is 17.7. The summed E-state index contributed by atoms with van der Waals surface area (Å²) >= 11 is 5.27. The first-order valence-electron chi connectivity index (χ1n) is 7.13. The van der Waals surface area contributed by atoms with Crippen LogP contribution in [0.2, 0.25) is 0 Å². The maximum Gasteiger partial charge on any atom is 0.236 e. The molecule has 1 aromatic heterocycles. The largest absolute Gasteiger partial charge is 0.383 e. The zero-order chi connectivity index (χ0) is 15.1.